The van der Waals surface area contributed by atoms with Crippen molar-refractivity contribution in [2.75, 3.05) is 39.4 Å². The predicted octanol–water partition coefficient (Wildman–Crippen LogP) is 1.80. The number of carbonyl (C=O) groups excluding carboxylic acids is 1. The first-order valence-electron chi connectivity index (χ1n) is 7.91. The summed E-state index contributed by atoms with van der Waals surface area (Å²) < 4.78 is 5.35. The van der Waals surface area contributed by atoms with Crippen LogP contribution >= 0.6 is 0 Å². The van der Waals surface area contributed by atoms with E-state index in [-0.39, 0.29) is 5.91 Å². The summed E-state index contributed by atoms with van der Waals surface area (Å²) in [6.07, 6.45) is 8.60. The molecule has 2 saturated heterocycles. The maximum absolute atomic E-state index is 11.8. The Morgan fingerprint density at radius 3 is 2.68 bits per heavy atom. The third-order valence-electron chi connectivity index (χ3n) is 4.20. The van der Waals surface area contributed by atoms with Crippen LogP contribution in [0.15, 0.2) is 0 Å². The molecule has 0 aromatic heterocycles. The van der Waals surface area contributed by atoms with Crippen molar-refractivity contribution in [3.8, 4) is 0 Å². The average molecular weight is 268 g/mol. The van der Waals surface area contributed by atoms with Crippen LogP contribution in [0, 0.1) is 5.92 Å². The van der Waals surface area contributed by atoms with Gasteiger partial charge in [0.15, 0.2) is 0 Å². The number of hydrogen-bond acceptors (Lipinski definition) is 3. The molecule has 1 amide bonds. The van der Waals surface area contributed by atoms with Crippen molar-refractivity contribution in [3.63, 3.8) is 0 Å². The fraction of sp³-hybridized carbons (Fsp3) is 0.933. The van der Waals surface area contributed by atoms with E-state index < -0.39 is 0 Å². The zero-order valence-corrected chi connectivity index (χ0v) is 12.0. The number of carbonyl (C=O) groups is 1. The molecule has 19 heavy (non-hydrogen) atoms. The molecule has 0 saturated carbocycles. The minimum Gasteiger partial charge on any atom is -0.381 e. The van der Waals surface area contributed by atoms with Gasteiger partial charge in [0, 0.05) is 19.8 Å². The fourth-order valence-corrected chi connectivity index (χ4v) is 2.98. The highest BCUT2D eigenvalue weighted by Gasteiger charge is 2.15. The molecule has 110 valence electrons. The Kier molecular flexibility index (Phi) is 6.65. The van der Waals surface area contributed by atoms with Crippen molar-refractivity contribution in [2.45, 2.75) is 44.9 Å². The van der Waals surface area contributed by atoms with Gasteiger partial charge < -0.3 is 10.1 Å². The molecule has 1 atom stereocenters. The Balaban J connectivity index is 1.51. The molecule has 0 aromatic rings. The first-order valence-corrected chi connectivity index (χ1v) is 7.91. The van der Waals surface area contributed by atoms with E-state index in [9.17, 15) is 4.79 Å². The summed E-state index contributed by atoms with van der Waals surface area (Å²) in [5, 5.41) is 3.05. The smallest absolute Gasteiger partial charge is 0.234 e. The van der Waals surface area contributed by atoms with Crippen LogP contribution < -0.4 is 5.32 Å². The van der Waals surface area contributed by atoms with Gasteiger partial charge >= 0.3 is 0 Å². The number of rotatable bonds is 6. The standard InChI is InChI=1S/C15H28N2O2/c18-15(12-17-9-3-1-2-4-10-17)16-8-5-6-14-7-11-19-13-14/h14H,1-13H2,(H,16,18)/t14-/m0/s1. The fourth-order valence-electron chi connectivity index (χ4n) is 2.98. The average Bonchev–Trinajstić information content (AvgIpc) is 2.79. The van der Waals surface area contributed by atoms with Crippen molar-refractivity contribution in [2.24, 2.45) is 5.92 Å². The quantitative estimate of drug-likeness (QED) is 0.747. The van der Waals surface area contributed by atoms with Crippen LogP contribution in [-0.4, -0.2) is 50.2 Å². The van der Waals surface area contributed by atoms with Gasteiger partial charge in [-0.05, 0) is 51.1 Å². The van der Waals surface area contributed by atoms with Gasteiger partial charge in [0.2, 0.25) is 5.91 Å². The first kappa shape index (κ1) is 14.8. The third-order valence-corrected chi connectivity index (χ3v) is 4.20. The monoisotopic (exact) mass is 268 g/mol. The largest absolute Gasteiger partial charge is 0.381 e. The Morgan fingerprint density at radius 1 is 1.21 bits per heavy atom. The SMILES string of the molecule is O=C(CN1CCCCCC1)NCCC[C@H]1CCOC1. The second kappa shape index (κ2) is 8.54. The molecular formula is C15H28N2O2. The van der Waals surface area contributed by atoms with Crippen molar-refractivity contribution in [3.05, 3.63) is 0 Å². The summed E-state index contributed by atoms with van der Waals surface area (Å²) in [6.45, 7) is 5.43. The predicted molar refractivity (Wildman–Crippen MR) is 76.1 cm³/mol. The van der Waals surface area contributed by atoms with Gasteiger partial charge in [-0.25, -0.2) is 0 Å². The van der Waals surface area contributed by atoms with Crippen molar-refractivity contribution in [1.29, 1.82) is 0 Å². The number of ether oxygens (including phenoxy) is 1. The van der Waals surface area contributed by atoms with Crippen molar-refractivity contribution >= 4 is 5.91 Å². The van der Waals surface area contributed by atoms with Crippen LogP contribution in [-0.2, 0) is 9.53 Å². The lowest BCUT2D eigenvalue weighted by Gasteiger charge is -2.19. The molecule has 2 aliphatic heterocycles. The normalized spacial score (nSPS) is 25.2. The van der Waals surface area contributed by atoms with Crippen LogP contribution in [0.4, 0.5) is 0 Å². The number of nitrogens with one attached hydrogen (secondary N) is 1. The summed E-state index contributed by atoms with van der Waals surface area (Å²) in [5.74, 6) is 0.923. The minimum atomic E-state index is 0.199. The van der Waals surface area contributed by atoms with Gasteiger partial charge in [-0.3, -0.25) is 9.69 Å². The van der Waals surface area contributed by atoms with E-state index in [4.69, 9.17) is 4.74 Å². The van der Waals surface area contributed by atoms with Crippen molar-refractivity contribution in [1.82, 2.24) is 10.2 Å². The van der Waals surface area contributed by atoms with Crippen LogP contribution in [0.3, 0.4) is 0 Å². The second-order valence-electron chi connectivity index (χ2n) is 5.91. The van der Waals surface area contributed by atoms with Gasteiger partial charge in [0.05, 0.1) is 6.54 Å². The van der Waals surface area contributed by atoms with Gasteiger partial charge in [-0.15, -0.1) is 0 Å². The Morgan fingerprint density at radius 2 is 2.00 bits per heavy atom. The summed E-state index contributed by atoms with van der Waals surface area (Å²) in [4.78, 5) is 14.1. The second-order valence-corrected chi connectivity index (χ2v) is 5.91. The van der Waals surface area contributed by atoms with E-state index in [2.05, 4.69) is 10.2 Å². The number of amides is 1. The van der Waals surface area contributed by atoms with Crippen LogP contribution in [0.2, 0.25) is 0 Å². The zero-order chi connectivity index (χ0) is 13.3. The van der Waals surface area contributed by atoms with E-state index in [0.29, 0.717) is 6.54 Å². The van der Waals surface area contributed by atoms with Crippen LogP contribution in [0.1, 0.15) is 44.9 Å². The van der Waals surface area contributed by atoms with E-state index in [1.807, 2.05) is 0 Å². The zero-order valence-electron chi connectivity index (χ0n) is 12.0. The van der Waals surface area contributed by atoms with E-state index in [1.54, 1.807) is 0 Å². The molecule has 0 spiro atoms. The van der Waals surface area contributed by atoms with E-state index >= 15 is 0 Å². The topological polar surface area (TPSA) is 41.6 Å². The summed E-state index contributed by atoms with van der Waals surface area (Å²) in [7, 11) is 0. The molecule has 0 aliphatic carbocycles. The summed E-state index contributed by atoms with van der Waals surface area (Å²) >= 11 is 0. The molecule has 0 bridgehead atoms. The van der Waals surface area contributed by atoms with E-state index in [0.717, 1.165) is 45.2 Å². The third kappa shape index (κ3) is 5.91. The Labute approximate surface area is 116 Å². The van der Waals surface area contributed by atoms with Crippen LogP contribution in [0.25, 0.3) is 0 Å². The number of nitrogens with zero attached hydrogens (tertiary/aromatic N) is 1. The maximum Gasteiger partial charge on any atom is 0.234 e. The maximum atomic E-state index is 11.8. The molecule has 0 aromatic carbocycles. The highest BCUT2D eigenvalue weighted by Crippen LogP contribution is 2.17. The molecular weight excluding hydrogens is 240 g/mol. The lowest BCUT2D eigenvalue weighted by molar-refractivity contribution is -0.122. The Bertz CT molecular complexity index is 257. The molecule has 0 unspecified atom stereocenters. The summed E-state index contributed by atoms with van der Waals surface area (Å²) in [5.41, 5.74) is 0. The molecule has 2 fully saturated rings. The highest BCUT2D eigenvalue weighted by atomic mass is 16.5. The lowest BCUT2D eigenvalue weighted by atomic mass is 10.0. The molecule has 0 radical (unpaired) electrons. The first-order chi connectivity index (χ1) is 9.34. The number of likely N-dealkylation sites (tertiary alicyclic amines) is 1. The molecule has 2 rings (SSSR count). The highest BCUT2D eigenvalue weighted by molar-refractivity contribution is 5.77. The lowest BCUT2D eigenvalue weighted by Crippen LogP contribution is -2.38. The van der Waals surface area contributed by atoms with Gasteiger partial charge in [0.1, 0.15) is 0 Å². The van der Waals surface area contributed by atoms with Crippen molar-refractivity contribution < 1.29 is 9.53 Å². The van der Waals surface area contributed by atoms with Gasteiger partial charge in [-0.2, -0.15) is 0 Å². The minimum absolute atomic E-state index is 0.199. The Hall–Kier alpha value is -0.610. The molecule has 1 N–H and O–H groups in total. The van der Waals surface area contributed by atoms with E-state index in [1.165, 1.54) is 38.5 Å². The molecule has 2 heterocycles. The van der Waals surface area contributed by atoms with Gasteiger partial charge in [0.25, 0.3) is 0 Å². The number of hydrogen-bond donors (Lipinski definition) is 1. The molecule has 4 heteroatoms. The van der Waals surface area contributed by atoms with Crippen LogP contribution in [0.5, 0.6) is 0 Å². The molecule has 4 nitrogen and oxygen atoms in total. The van der Waals surface area contributed by atoms with Gasteiger partial charge in [-0.1, -0.05) is 12.8 Å². The summed E-state index contributed by atoms with van der Waals surface area (Å²) in [6, 6.07) is 0. The molecule has 2 aliphatic rings.